The van der Waals surface area contributed by atoms with Crippen molar-refractivity contribution in [1.82, 2.24) is 20.0 Å². The first-order valence-electron chi connectivity index (χ1n) is 8.29. The molecule has 6 nitrogen and oxygen atoms in total. The van der Waals surface area contributed by atoms with Crippen molar-refractivity contribution in [2.75, 3.05) is 13.1 Å². The molecular weight excluding hydrogens is 316 g/mol. The monoisotopic (exact) mass is 332 g/mol. The number of rotatable bonds is 2. The van der Waals surface area contributed by atoms with Crippen LogP contribution in [0.3, 0.4) is 0 Å². The zero-order valence-electron chi connectivity index (χ0n) is 13.7. The van der Waals surface area contributed by atoms with Crippen LogP contribution >= 0.6 is 0 Å². The molecule has 6 heteroatoms. The molecule has 3 heterocycles. The number of aromatic amines is 1. The second-order valence-corrected chi connectivity index (χ2v) is 6.52. The number of benzene rings is 2. The number of aromatic nitrogens is 3. The fourth-order valence-electron chi connectivity index (χ4n) is 3.45. The maximum Gasteiger partial charge on any atom is 0.270 e. The van der Waals surface area contributed by atoms with Crippen LogP contribution in [0.15, 0.2) is 47.0 Å². The molecule has 0 spiro atoms. The standard InChI is InChI=1S/C19H16N4O2/c1-11-20-18(25-22-11)13-9-23(10-13)19(24)17-8-15-14-5-3-2-4-12(14)6-7-16(15)21-17/h2-8,13,21H,9-10H2,1H3. The van der Waals surface area contributed by atoms with Crippen molar-refractivity contribution in [2.24, 2.45) is 0 Å². The van der Waals surface area contributed by atoms with Gasteiger partial charge in [-0.25, -0.2) is 0 Å². The van der Waals surface area contributed by atoms with Gasteiger partial charge in [0.05, 0.1) is 5.92 Å². The number of nitrogens with one attached hydrogen (secondary N) is 1. The molecule has 1 aliphatic rings. The second-order valence-electron chi connectivity index (χ2n) is 6.52. The SMILES string of the molecule is Cc1noc(C2CN(C(=O)c3cc4c(ccc5ccccc54)[nH]3)C2)n1. The molecule has 1 amide bonds. The summed E-state index contributed by atoms with van der Waals surface area (Å²) in [6, 6.07) is 14.2. The molecule has 4 aromatic rings. The minimum absolute atomic E-state index is 0.00719. The minimum Gasteiger partial charge on any atom is -0.351 e. The van der Waals surface area contributed by atoms with Gasteiger partial charge in [-0.15, -0.1) is 0 Å². The van der Waals surface area contributed by atoms with Crippen molar-refractivity contribution in [3.05, 3.63) is 59.9 Å². The van der Waals surface area contributed by atoms with Gasteiger partial charge >= 0.3 is 0 Å². The number of amides is 1. The van der Waals surface area contributed by atoms with Crippen LogP contribution in [-0.2, 0) is 0 Å². The number of H-pyrrole nitrogens is 1. The third-order valence-electron chi connectivity index (χ3n) is 4.82. The van der Waals surface area contributed by atoms with Gasteiger partial charge in [-0.05, 0) is 29.8 Å². The topological polar surface area (TPSA) is 75.0 Å². The van der Waals surface area contributed by atoms with Crippen LogP contribution in [0.4, 0.5) is 0 Å². The summed E-state index contributed by atoms with van der Waals surface area (Å²) in [5.41, 5.74) is 1.60. The van der Waals surface area contributed by atoms with E-state index < -0.39 is 0 Å². The Morgan fingerprint density at radius 3 is 2.84 bits per heavy atom. The molecule has 0 unspecified atom stereocenters. The van der Waals surface area contributed by atoms with Gasteiger partial charge in [0.15, 0.2) is 5.82 Å². The van der Waals surface area contributed by atoms with Crippen LogP contribution in [0, 0.1) is 6.92 Å². The quantitative estimate of drug-likeness (QED) is 0.611. The second kappa shape index (κ2) is 5.17. The van der Waals surface area contributed by atoms with E-state index in [9.17, 15) is 4.79 Å². The highest BCUT2D eigenvalue weighted by molar-refractivity contribution is 6.09. The summed E-state index contributed by atoms with van der Waals surface area (Å²) in [5.74, 6) is 1.38. The number of nitrogens with zero attached hydrogens (tertiary/aromatic N) is 3. The highest BCUT2D eigenvalue weighted by Crippen LogP contribution is 2.30. The lowest BCUT2D eigenvalue weighted by atomic mass is 9.99. The molecule has 0 aliphatic carbocycles. The maximum atomic E-state index is 12.7. The van der Waals surface area contributed by atoms with Crippen molar-refractivity contribution < 1.29 is 9.32 Å². The Kier molecular flexibility index (Phi) is 2.94. The zero-order chi connectivity index (χ0) is 17.0. The van der Waals surface area contributed by atoms with E-state index in [1.165, 1.54) is 5.39 Å². The highest BCUT2D eigenvalue weighted by atomic mass is 16.5. The Morgan fingerprint density at radius 2 is 2.04 bits per heavy atom. The first-order valence-corrected chi connectivity index (χ1v) is 8.29. The predicted molar refractivity (Wildman–Crippen MR) is 93.5 cm³/mol. The molecule has 5 rings (SSSR count). The molecule has 2 aromatic carbocycles. The Bertz CT molecular complexity index is 1100. The van der Waals surface area contributed by atoms with Crippen LogP contribution < -0.4 is 0 Å². The Morgan fingerprint density at radius 1 is 1.20 bits per heavy atom. The van der Waals surface area contributed by atoms with Gasteiger partial charge in [0, 0.05) is 24.0 Å². The van der Waals surface area contributed by atoms with Crippen molar-refractivity contribution >= 4 is 27.6 Å². The van der Waals surface area contributed by atoms with Crippen molar-refractivity contribution in [2.45, 2.75) is 12.8 Å². The summed E-state index contributed by atoms with van der Waals surface area (Å²) in [7, 11) is 0. The average molecular weight is 332 g/mol. The summed E-state index contributed by atoms with van der Waals surface area (Å²) >= 11 is 0. The predicted octanol–water partition coefficient (Wildman–Crippen LogP) is 3.25. The smallest absolute Gasteiger partial charge is 0.270 e. The molecule has 1 saturated heterocycles. The van der Waals surface area contributed by atoms with Gasteiger partial charge in [0.25, 0.3) is 5.91 Å². The molecule has 25 heavy (non-hydrogen) atoms. The largest absolute Gasteiger partial charge is 0.351 e. The van der Waals surface area contributed by atoms with Gasteiger partial charge in [0.1, 0.15) is 5.69 Å². The third kappa shape index (κ3) is 2.21. The van der Waals surface area contributed by atoms with E-state index in [2.05, 4.69) is 33.3 Å². The fraction of sp³-hybridized carbons (Fsp3) is 0.211. The highest BCUT2D eigenvalue weighted by Gasteiger charge is 2.36. The number of carbonyl (C=O) groups excluding carboxylic acids is 1. The van der Waals surface area contributed by atoms with E-state index in [1.807, 2.05) is 24.3 Å². The summed E-state index contributed by atoms with van der Waals surface area (Å²) < 4.78 is 5.19. The molecule has 0 saturated carbocycles. The lowest BCUT2D eigenvalue weighted by Gasteiger charge is -2.36. The van der Waals surface area contributed by atoms with Crippen LogP contribution in [0.5, 0.6) is 0 Å². The van der Waals surface area contributed by atoms with Gasteiger partial charge in [0.2, 0.25) is 5.89 Å². The fourth-order valence-corrected chi connectivity index (χ4v) is 3.45. The number of hydrogen-bond acceptors (Lipinski definition) is 4. The van der Waals surface area contributed by atoms with Crippen molar-refractivity contribution in [3.8, 4) is 0 Å². The number of likely N-dealkylation sites (tertiary alicyclic amines) is 1. The molecule has 1 aliphatic heterocycles. The van der Waals surface area contributed by atoms with Gasteiger partial charge in [-0.2, -0.15) is 4.98 Å². The van der Waals surface area contributed by atoms with E-state index in [4.69, 9.17) is 4.52 Å². The molecule has 0 atom stereocenters. The first-order chi connectivity index (χ1) is 12.2. The van der Waals surface area contributed by atoms with Crippen molar-refractivity contribution in [3.63, 3.8) is 0 Å². The van der Waals surface area contributed by atoms with E-state index in [0.29, 0.717) is 30.5 Å². The van der Waals surface area contributed by atoms with E-state index in [-0.39, 0.29) is 11.8 Å². The molecule has 124 valence electrons. The Balaban J connectivity index is 1.42. The maximum absolute atomic E-state index is 12.7. The van der Waals surface area contributed by atoms with Crippen LogP contribution in [0.2, 0.25) is 0 Å². The van der Waals surface area contributed by atoms with E-state index in [0.717, 1.165) is 16.3 Å². The van der Waals surface area contributed by atoms with Gasteiger partial charge < -0.3 is 14.4 Å². The summed E-state index contributed by atoms with van der Waals surface area (Å²) in [6.45, 7) is 3.01. The first kappa shape index (κ1) is 14.2. The molecule has 1 fully saturated rings. The Labute approximate surface area is 143 Å². The van der Waals surface area contributed by atoms with E-state index in [1.54, 1.807) is 11.8 Å². The average Bonchev–Trinajstić information content (AvgIpc) is 3.20. The number of hydrogen-bond donors (Lipinski definition) is 1. The van der Waals surface area contributed by atoms with Gasteiger partial charge in [-0.1, -0.05) is 35.5 Å². The van der Waals surface area contributed by atoms with Crippen LogP contribution in [-0.4, -0.2) is 39.0 Å². The van der Waals surface area contributed by atoms with E-state index >= 15 is 0 Å². The lowest BCUT2D eigenvalue weighted by molar-refractivity contribution is 0.0564. The molecule has 0 bridgehead atoms. The molecule has 1 N–H and O–H groups in total. The normalized spacial score (nSPS) is 15.0. The molecule has 0 radical (unpaired) electrons. The lowest BCUT2D eigenvalue weighted by Crippen LogP contribution is -2.48. The molecular formula is C19H16N4O2. The Hall–Kier alpha value is -3.15. The number of fused-ring (bicyclic) bond motifs is 3. The summed E-state index contributed by atoms with van der Waals surface area (Å²) in [6.07, 6.45) is 0. The van der Waals surface area contributed by atoms with Gasteiger partial charge in [-0.3, -0.25) is 4.79 Å². The summed E-state index contributed by atoms with van der Waals surface area (Å²) in [4.78, 5) is 22.0. The minimum atomic E-state index is 0.00719. The van der Waals surface area contributed by atoms with Crippen LogP contribution in [0.25, 0.3) is 21.7 Å². The summed E-state index contributed by atoms with van der Waals surface area (Å²) in [5, 5.41) is 7.21. The van der Waals surface area contributed by atoms with Crippen LogP contribution in [0.1, 0.15) is 28.1 Å². The van der Waals surface area contributed by atoms with Crippen molar-refractivity contribution in [1.29, 1.82) is 0 Å². The zero-order valence-corrected chi connectivity index (χ0v) is 13.7. The third-order valence-corrected chi connectivity index (χ3v) is 4.82. The number of aryl methyl sites for hydroxylation is 1. The molecule has 2 aromatic heterocycles. The number of carbonyl (C=O) groups is 1.